The average Bonchev–Trinajstić information content (AvgIpc) is 3.71. The Bertz CT molecular complexity index is 2060. The average molecular weight is 682 g/mol. The van der Waals surface area contributed by atoms with Gasteiger partial charge in [-0.1, -0.05) is 89.3 Å². The molecule has 2 amide bonds. The van der Waals surface area contributed by atoms with E-state index in [9.17, 15) is 18.0 Å². The Balaban J connectivity index is 1.29. The van der Waals surface area contributed by atoms with Crippen molar-refractivity contribution < 1.29 is 18.0 Å². The first-order valence-corrected chi connectivity index (χ1v) is 17.1. The summed E-state index contributed by atoms with van der Waals surface area (Å²) in [5.74, 6) is -1.66. The van der Waals surface area contributed by atoms with Crippen molar-refractivity contribution in [2.75, 3.05) is 0 Å². The Morgan fingerprint density at radius 1 is 0.878 bits per heavy atom. The first kappa shape index (κ1) is 33.2. The number of carbonyl (C=O) groups excluding carboxylic acids is 2. The second-order valence-corrected chi connectivity index (χ2v) is 13.6. The highest BCUT2D eigenvalue weighted by atomic mass is 32.2. The molecule has 0 fully saturated rings. The molecular formula is C33H35N11O4S. The smallest absolute Gasteiger partial charge is 0.243 e. The van der Waals surface area contributed by atoms with E-state index in [0.29, 0.717) is 35.6 Å². The van der Waals surface area contributed by atoms with Crippen LogP contribution >= 0.6 is 0 Å². The summed E-state index contributed by atoms with van der Waals surface area (Å²) in [5, 5.41) is 30.1. The molecule has 252 valence electrons. The fourth-order valence-corrected chi connectivity index (χ4v) is 6.81. The molecule has 2 aromatic heterocycles. The third-order valence-corrected chi connectivity index (χ3v) is 9.24. The lowest BCUT2D eigenvalue weighted by atomic mass is 10.1. The van der Waals surface area contributed by atoms with E-state index in [1.165, 1.54) is 0 Å². The van der Waals surface area contributed by atoms with Gasteiger partial charge >= 0.3 is 0 Å². The van der Waals surface area contributed by atoms with Crippen LogP contribution in [0.15, 0.2) is 91.3 Å². The molecular weight excluding hydrogens is 647 g/mol. The quantitative estimate of drug-likeness (QED) is 0.115. The Kier molecular flexibility index (Phi) is 9.87. The van der Waals surface area contributed by atoms with E-state index in [2.05, 4.69) is 36.0 Å². The number of nitrogens with two attached hydrogens (primary N) is 1. The number of nitrogens with zero attached hydrogens (tertiary/aromatic N) is 6. The van der Waals surface area contributed by atoms with Crippen LogP contribution in [0.3, 0.4) is 0 Å². The third kappa shape index (κ3) is 9.00. The number of aromatic nitrogens is 6. The van der Waals surface area contributed by atoms with E-state index in [1.54, 1.807) is 76.4 Å². The van der Waals surface area contributed by atoms with Gasteiger partial charge in [0.25, 0.3) is 0 Å². The van der Waals surface area contributed by atoms with Crippen molar-refractivity contribution in [1.29, 1.82) is 5.41 Å². The Morgan fingerprint density at radius 2 is 1.51 bits per heavy atom. The van der Waals surface area contributed by atoms with Gasteiger partial charge in [-0.3, -0.25) is 15.0 Å². The van der Waals surface area contributed by atoms with E-state index in [-0.39, 0.29) is 31.0 Å². The molecule has 15 nitrogen and oxygen atoms in total. The molecule has 0 aliphatic carbocycles. The number of amidine groups is 1. The van der Waals surface area contributed by atoms with Gasteiger partial charge in [-0.25, -0.2) is 22.5 Å². The summed E-state index contributed by atoms with van der Waals surface area (Å²) < 4.78 is 32.5. The maximum Gasteiger partial charge on any atom is 0.243 e. The number of nitrogen functional groups attached to an aromatic ring is 1. The number of sulfonamides is 1. The fraction of sp³-hybridized carbons (Fsp3) is 0.242. The van der Waals surface area contributed by atoms with Crippen LogP contribution in [-0.4, -0.2) is 68.1 Å². The first-order chi connectivity index (χ1) is 23.6. The monoisotopic (exact) mass is 681 g/mol. The summed E-state index contributed by atoms with van der Waals surface area (Å²) in [4.78, 5) is 27.6. The van der Waals surface area contributed by atoms with Crippen molar-refractivity contribution in [3.05, 3.63) is 130 Å². The zero-order valence-corrected chi connectivity index (χ0v) is 27.2. The minimum Gasteiger partial charge on any atom is -0.384 e. The number of carbonyl (C=O) groups is 2. The van der Waals surface area contributed by atoms with Gasteiger partial charge < -0.3 is 16.4 Å². The van der Waals surface area contributed by atoms with Crippen molar-refractivity contribution in [2.24, 2.45) is 5.73 Å². The van der Waals surface area contributed by atoms with Crippen LogP contribution < -0.4 is 21.1 Å². The highest BCUT2D eigenvalue weighted by Crippen LogP contribution is 2.13. The summed E-state index contributed by atoms with van der Waals surface area (Å²) >= 11 is 0. The lowest BCUT2D eigenvalue weighted by Gasteiger charge is -2.22. The van der Waals surface area contributed by atoms with Crippen LogP contribution in [-0.2, 0) is 57.8 Å². The molecule has 1 aliphatic rings. The molecule has 0 saturated heterocycles. The molecule has 0 unspecified atom stereocenters. The Hall–Kier alpha value is -5.74. The molecule has 3 aromatic carbocycles. The highest BCUT2D eigenvalue weighted by molar-refractivity contribution is 7.88. The standard InChI is InChI=1S/C33H35N11O4S/c34-31(35)26-11-9-22(10-12-26)16-36-32(45)29-14-27-19-43(41-38-27)17-24-7-4-8-25(13-24)18-44-20-28(39-42-44)15-30(33(46)37-29)40-49(47,48)21-23-5-2-1-3-6-23/h1-13,19-20,29-30,40H,14-18,21H2,(H3,34,35)(H,36,45)(H,37,46)/t29-,30-/m0/s1. The number of benzene rings is 3. The van der Waals surface area contributed by atoms with Crippen LogP contribution in [0, 0.1) is 5.41 Å². The van der Waals surface area contributed by atoms with Gasteiger partial charge in [0.05, 0.1) is 30.2 Å². The molecule has 49 heavy (non-hydrogen) atoms. The Labute approximate surface area is 282 Å². The van der Waals surface area contributed by atoms with Crippen molar-refractivity contribution in [3.8, 4) is 0 Å². The zero-order valence-electron chi connectivity index (χ0n) is 26.4. The summed E-state index contributed by atoms with van der Waals surface area (Å²) in [6.07, 6.45) is 3.25. The largest absolute Gasteiger partial charge is 0.384 e. The van der Waals surface area contributed by atoms with Gasteiger partial charge in [-0.2, -0.15) is 0 Å². The SMILES string of the molecule is N=C(N)c1ccc(CNC(=O)[C@@H]2Cc3cn(nn3)Cc3cccc(c3)Cn3cc(nn3)C[C@H](NS(=O)(=O)Cc3ccccc3)C(=O)N2)cc1. The Morgan fingerprint density at radius 3 is 2.14 bits per heavy atom. The lowest BCUT2D eigenvalue weighted by Crippen LogP contribution is -2.55. The molecule has 0 spiro atoms. The minimum absolute atomic E-state index is 0.0133. The zero-order chi connectivity index (χ0) is 34.4. The first-order valence-electron chi connectivity index (χ1n) is 15.5. The molecule has 0 saturated carbocycles. The van der Waals surface area contributed by atoms with E-state index in [4.69, 9.17) is 11.1 Å². The molecule has 6 rings (SSSR count). The number of hydrogen-bond acceptors (Lipinski definition) is 9. The number of hydrogen-bond donors (Lipinski definition) is 5. The van der Waals surface area contributed by atoms with Crippen molar-refractivity contribution >= 4 is 27.7 Å². The molecule has 2 atom stereocenters. The lowest BCUT2D eigenvalue weighted by molar-refractivity contribution is -0.129. The number of amides is 2. The second-order valence-electron chi connectivity index (χ2n) is 11.8. The van der Waals surface area contributed by atoms with Crippen LogP contribution in [0.5, 0.6) is 0 Å². The van der Waals surface area contributed by atoms with Crippen molar-refractivity contribution in [3.63, 3.8) is 0 Å². The maximum absolute atomic E-state index is 13.9. The van der Waals surface area contributed by atoms with Crippen molar-refractivity contribution in [1.82, 2.24) is 45.3 Å². The van der Waals surface area contributed by atoms with Crippen LogP contribution in [0.4, 0.5) is 0 Å². The highest BCUT2D eigenvalue weighted by Gasteiger charge is 2.31. The van der Waals surface area contributed by atoms with Crippen LogP contribution in [0.25, 0.3) is 0 Å². The molecule has 6 N–H and O–H groups in total. The predicted molar refractivity (Wildman–Crippen MR) is 179 cm³/mol. The van der Waals surface area contributed by atoms with Gasteiger partial charge in [-0.05, 0) is 22.3 Å². The third-order valence-electron chi connectivity index (χ3n) is 7.88. The summed E-state index contributed by atoms with van der Waals surface area (Å²) in [7, 11) is -4.02. The number of rotatable bonds is 8. The molecule has 16 heteroatoms. The van der Waals surface area contributed by atoms with Gasteiger partial charge in [0, 0.05) is 37.3 Å². The van der Waals surface area contributed by atoms with Gasteiger partial charge in [0.1, 0.15) is 17.9 Å². The predicted octanol–water partition coefficient (Wildman–Crippen LogP) is 0.638. The van der Waals surface area contributed by atoms with Crippen LogP contribution in [0.1, 0.15) is 39.2 Å². The summed E-state index contributed by atoms with van der Waals surface area (Å²) in [5.41, 5.74) is 10.2. The molecule has 1 aliphatic heterocycles. The van der Waals surface area contributed by atoms with Crippen LogP contribution in [0.2, 0.25) is 0 Å². The number of fused-ring (bicyclic) bond motifs is 6. The fourth-order valence-electron chi connectivity index (χ4n) is 5.47. The van der Waals surface area contributed by atoms with E-state index >= 15 is 0 Å². The molecule has 0 radical (unpaired) electrons. The molecule has 6 bridgehead atoms. The maximum atomic E-state index is 13.9. The van der Waals surface area contributed by atoms with E-state index in [1.807, 2.05) is 24.3 Å². The van der Waals surface area contributed by atoms with Gasteiger partial charge in [0.15, 0.2) is 0 Å². The van der Waals surface area contributed by atoms with Gasteiger partial charge in [-0.15, -0.1) is 10.2 Å². The summed E-state index contributed by atoms with van der Waals surface area (Å²) in [6, 6.07) is 20.9. The number of nitrogens with one attached hydrogen (secondary N) is 4. The van der Waals surface area contributed by atoms with Crippen molar-refractivity contribution in [2.45, 2.75) is 50.3 Å². The van der Waals surface area contributed by atoms with E-state index in [0.717, 1.165) is 16.7 Å². The van der Waals surface area contributed by atoms with E-state index < -0.39 is 33.9 Å². The second kappa shape index (κ2) is 14.6. The minimum atomic E-state index is -4.02. The molecule has 3 heterocycles. The summed E-state index contributed by atoms with van der Waals surface area (Å²) in [6.45, 7) is 0.955. The topological polar surface area (TPSA) is 216 Å². The molecule has 5 aromatic rings. The van der Waals surface area contributed by atoms with Gasteiger partial charge in [0.2, 0.25) is 21.8 Å². The normalized spacial score (nSPS) is 16.7.